The molecule has 2 aliphatic heterocycles. The monoisotopic (exact) mass is 217 g/mol. The number of nitrogens with zero attached hydrogens (tertiary/aromatic N) is 2. The minimum atomic E-state index is 0.710. The lowest BCUT2D eigenvalue weighted by Crippen LogP contribution is -2.40. The molecule has 0 bridgehead atoms. The summed E-state index contributed by atoms with van der Waals surface area (Å²) in [6.07, 6.45) is 6.59. The van der Waals surface area contributed by atoms with Gasteiger partial charge in [0, 0.05) is 37.2 Å². The van der Waals surface area contributed by atoms with Gasteiger partial charge < -0.3 is 10.2 Å². The first-order valence-electron chi connectivity index (χ1n) is 6.23. The van der Waals surface area contributed by atoms with E-state index in [1.807, 2.05) is 12.4 Å². The molecule has 2 atom stereocenters. The zero-order valence-electron chi connectivity index (χ0n) is 9.82. The Morgan fingerprint density at radius 1 is 1.44 bits per heavy atom. The number of pyridine rings is 1. The smallest absolute Gasteiger partial charge is 0.0427 e. The summed E-state index contributed by atoms with van der Waals surface area (Å²) in [5.74, 6) is 0.848. The van der Waals surface area contributed by atoms with Gasteiger partial charge in [-0.05, 0) is 43.9 Å². The molecule has 0 radical (unpaired) electrons. The number of aromatic nitrogens is 1. The average molecular weight is 217 g/mol. The predicted molar refractivity (Wildman–Crippen MR) is 65.7 cm³/mol. The van der Waals surface area contributed by atoms with Gasteiger partial charge in [-0.1, -0.05) is 0 Å². The summed E-state index contributed by atoms with van der Waals surface area (Å²) in [4.78, 5) is 6.68. The Morgan fingerprint density at radius 2 is 2.38 bits per heavy atom. The van der Waals surface area contributed by atoms with Crippen molar-refractivity contribution in [1.82, 2.24) is 10.3 Å². The van der Waals surface area contributed by atoms with Gasteiger partial charge in [0.1, 0.15) is 0 Å². The number of fused-ring (bicyclic) bond motifs is 1. The molecule has 0 spiro atoms. The third-order valence-corrected chi connectivity index (χ3v) is 3.93. The summed E-state index contributed by atoms with van der Waals surface area (Å²) in [7, 11) is 0. The fraction of sp³-hybridized carbons (Fsp3) is 0.615. The van der Waals surface area contributed by atoms with Crippen molar-refractivity contribution in [3.05, 3.63) is 24.0 Å². The zero-order valence-corrected chi connectivity index (χ0v) is 9.82. The Kier molecular flexibility index (Phi) is 2.56. The highest BCUT2D eigenvalue weighted by molar-refractivity contribution is 5.52. The van der Waals surface area contributed by atoms with Crippen LogP contribution in [0.4, 0.5) is 5.69 Å². The average Bonchev–Trinajstić information content (AvgIpc) is 2.73. The van der Waals surface area contributed by atoms with Crippen LogP contribution in [0.15, 0.2) is 18.5 Å². The first-order chi connectivity index (χ1) is 7.84. The third kappa shape index (κ3) is 1.69. The SMILES string of the molecule is Cc1cnccc1N1C[C@@H]2CCCN[C@@H]2C1. The largest absolute Gasteiger partial charge is 0.369 e. The van der Waals surface area contributed by atoms with E-state index in [0.717, 1.165) is 12.5 Å². The summed E-state index contributed by atoms with van der Waals surface area (Å²) in [6.45, 7) is 5.72. The molecule has 2 aliphatic rings. The van der Waals surface area contributed by atoms with Gasteiger partial charge >= 0.3 is 0 Å². The first kappa shape index (κ1) is 10.1. The van der Waals surface area contributed by atoms with Crippen molar-refractivity contribution in [2.75, 3.05) is 24.5 Å². The fourth-order valence-electron chi connectivity index (χ4n) is 3.06. The number of aryl methyl sites for hydroxylation is 1. The van der Waals surface area contributed by atoms with Gasteiger partial charge in [0.15, 0.2) is 0 Å². The van der Waals surface area contributed by atoms with E-state index in [2.05, 4.69) is 28.2 Å². The Labute approximate surface area is 96.9 Å². The fourth-order valence-corrected chi connectivity index (χ4v) is 3.06. The van der Waals surface area contributed by atoms with Crippen LogP contribution in [0.25, 0.3) is 0 Å². The molecule has 2 saturated heterocycles. The molecule has 16 heavy (non-hydrogen) atoms. The van der Waals surface area contributed by atoms with Crippen molar-refractivity contribution in [2.24, 2.45) is 5.92 Å². The molecule has 3 rings (SSSR count). The van der Waals surface area contributed by atoms with Crippen molar-refractivity contribution < 1.29 is 0 Å². The normalized spacial score (nSPS) is 29.2. The van der Waals surface area contributed by atoms with Crippen LogP contribution in [0.1, 0.15) is 18.4 Å². The van der Waals surface area contributed by atoms with Gasteiger partial charge in [-0.15, -0.1) is 0 Å². The summed E-state index contributed by atoms with van der Waals surface area (Å²) >= 11 is 0. The topological polar surface area (TPSA) is 28.2 Å². The Balaban J connectivity index is 1.80. The maximum absolute atomic E-state index is 4.16. The molecular formula is C13H19N3. The van der Waals surface area contributed by atoms with Crippen LogP contribution in [0.3, 0.4) is 0 Å². The van der Waals surface area contributed by atoms with Crippen molar-refractivity contribution in [1.29, 1.82) is 0 Å². The van der Waals surface area contributed by atoms with E-state index >= 15 is 0 Å². The molecule has 0 aromatic carbocycles. The van der Waals surface area contributed by atoms with Crippen molar-refractivity contribution in [3.63, 3.8) is 0 Å². The summed E-state index contributed by atoms with van der Waals surface area (Å²) < 4.78 is 0. The van der Waals surface area contributed by atoms with E-state index in [-0.39, 0.29) is 0 Å². The van der Waals surface area contributed by atoms with Crippen molar-refractivity contribution >= 4 is 5.69 Å². The van der Waals surface area contributed by atoms with Crippen LogP contribution < -0.4 is 10.2 Å². The minimum Gasteiger partial charge on any atom is -0.369 e. The summed E-state index contributed by atoms with van der Waals surface area (Å²) in [5, 5.41) is 3.64. The molecule has 1 aromatic rings. The number of piperidine rings is 1. The number of nitrogens with one attached hydrogen (secondary N) is 1. The van der Waals surface area contributed by atoms with Crippen LogP contribution in [0.2, 0.25) is 0 Å². The van der Waals surface area contributed by atoms with Crippen LogP contribution in [-0.4, -0.2) is 30.7 Å². The highest BCUT2D eigenvalue weighted by Gasteiger charge is 2.34. The predicted octanol–water partition coefficient (Wildman–Crippen LogP) is 1.58. The van der Waals surface area contributed by atoms with E-state index in [9.17, 15) is 0 Å². The maximum Gasteiger partial charge on any atom is 0.0427 e. The number of hydrogen-bond acceptors (Lipinski definition) is 3. The molecule has 86 valence electrons. The van der Waals surface area contributed by atoms with Gasteiger partial charge in [0.05, 0.1) is 0 Å². The van der Waals surface area contributed by atoms with Gasteiger partial charge in [-0.25, -0.2) is 0 Å². The highest BCUT2D eigenvalue weighted by atomic mass is 15.2. The van der Waals surface area contributed by atoms with E-state index in [1.165, 1.54) is 37.2 Å². The minimum absolute atomic E-state index is 0.710. The van der Waals surface area contributed by atoms with Gasteiger partial charge in [-0.2, -0.15) is 0 Å². The second-order valence-corrected chi connectivity index (χ2v) is 5.03. The molecule has 3 nitrogen and oxygen atoms in total. The van der Waals surface area contributed by atoms with Crippen LogP contribution in [0, 0.1) is 12.8 Å². The number of anilines is 1. The maximum atomic E-state index is 4.16. The molecule has 1 N–H and O–H groups in total. The Morgan fingerprint density at radius 3 is 3.19 bits per heavy atom. The molecule has 0 unspecified atom stereocenters. The van der Waals surface area contributed by atoms with Gasteiger partial charge in [-0.3, -0.25) is 4.98 Å². The number of rotatable bonds is 1. The van der Waals surface area contributed by atoms with Gasteiger partial charge in [0.2, 0.25) is 0 Å². The third-order valence-electron chi connectivity index (χ3n) is 3.93. The van der Waals surface area contributed by atoms with Gasteiger partial charge in [0.25, 0.3) is 0 Å². The Bertz CT molecular complexity index is 363. The second-order valence-electron chi connectivity index (χ2n) is 5.03. The van der Waals surface area contributed by atoms with E-state index in [4.69, 9.17) is 0 Å². The molecule has 0 saturated carbocycles. The standard InChI is InChI=1S/C13H19N3/c1-10-7-14-6-4-13(10)16-8-11-3-2-5-15-12(11)9-16/h4,6-7,11-12,15H,2-3,5,8-9H2,1H3/t11-,12+/m0/s1. The van der Waals surface area contributed by atoms with E-state index in [0.29, 0.717) is 6.04 Å². The molecular weight excluding hydrogens is 198 g/mol. The van der Waals surface area contributed by atoms with E-state index in [1.54, 1.807) is 0 Å². The molecule has 3 heterocycles. The van der Waals surface area contributed by atoms with Crippen LogP contribution >= 0.6 is 0 Å². The number of hydrogen-bond donors (Lipinski definition) is 1. The summed E-state index contributed by atoms with van der Waals surface area (Å²) in [5.41, 5.74) is 2.66. The van der Waals surface area contributed by atoms with Crippen LogP contribution in [-0.2, 0) is 0 Å². The van der Waals surface area contributed by atoms with E-state index < -0.39 is 0 Å². The molecule has 2 fully saturated rings. The lowest BCUT2D eigenvalue weighted by molar-refractivity contribution is 0.340. The van der Waals surface area contributed by atoms with Crippen LogP contribution in [0.5, 0.6) is 0 Å². The lowest BCUT2D eigenvalue weighted by atomic mass is 9.94. The molecule has 1 aromatic heterocycles. The highest BCUT2D eigenvalue weighted by Crippen LogP contribution is 2.30. The summed E-state index contributed by atoms with van der Waals surface area (Å²) in [6, 6.07) is 2.86. The molecule has 0 aliphatic carbocycles. The molecule has 3 heteroatoms. The lowest BCUT2D eigenvalue weighted by Gasteiger charge is -2.24. The van der Waals surface area contributed by atoms with Crippen molar-refractivity contribution in [3.8, 4) is 0 Å². The quantitative estimate of drug-likeness (QED) is 0.774. The molecule has 0 amide bonds. The zero-order chi connectivity index (χ0) is 11.0. The Hall–Kier alpha value is -1.09. The first-order valence-corrected chi connectivity index (χ1v) is 6.23. The second kappa shape index (κ2) is 4.06. The van der Waals surface area contributed by atoms with Crippen molar-refractivity contribution in [2.45, 2.75) is 25.8 Å².